The van der Waals surface area contributed by atoms with Crippen LogP contribution in [0.4, 0.5) is 10.8 Å². The second kappa shape index (κ2) is 8.28. The fourth-order valence-corrected chi connectivity index (χ4v) is 3.87. The van der Waals surface area contributed by atoms with E-state index in [1.54, 1.807) is 23.2 Å². The molecule has 0 fully saturated rings. The molecule has 3 aromatic rings. The highest BCUT2D eigenvalue weighted by Crippen LogP contribution is 2.20. The molecule has 0 aliphatic rings. The molecule has 0 aliphatic carbocycles. The Kier molecular flexibility index (Phi) is 5.85. The number of aromatic nitrogens is 1. The van der Waals surface area contributed by atoms with Crippen molar-refractivity contribution in [1.82, 2.24) is 4.98 Å². The summed E-state index contributed by atoms with van der Waals surface area (Å²) in [5, 5.41) is 9.73. The highest BCUT2D eigenvalue weighted by atomic mass is 32.2. The molecule has 0 unspecified atom stereocenters. The van der Waals surface area contributed by atoms with Crippen molar-refractivity contribution in [3.05, 3.63) is 57.7 Å². The molecule has 25 heavy (non-hydrogen) atoms. The number of nitrogens with zero attached hydrogens (tertiary/aromatic N) is 1. The number of anilines is 2. The van der Waals surface area contributed by atoms with Gasteiger partial charge in [-0.3, -0.25) is 14.9 Å². The predicted molar refractivity (Wildman–Crippen MR) is 105 cm³/mol. The van der Waals surface area contributed by atoms with Gasteiger partial charge < -0.3 is 5.32 Å². The van der Waals surface area contributed by atoms with Crippen molar-refractivity contribution in [2.24, 2.45) is 0 Å². The Balaban J connectivity index is 1.57. The molecule has 1 aromatic carbocycles. The normalized spacial score (nSPS) is 10.4. The largest absolute Gasteiger partial charge is 0.326 e. The van der Waals surface area contributed by atoms with Crippen molar-refractivity contribution in [2.45, 2.75) is 11.3 Å². The number of hydrogen-bond donors (Lipinski definition) is 2. The van der Waals surface area contributed by atoms with Crippen LogP contribution in [0.1, 0.15) is 15.4 Å². The maximum atomic E-state index is 12.2. The fourth-order valence-electron chi connectivity index (χ4n) is 2.08. The van der Waals surface area contributed by atoms with Crippen LogP contribution in [0.3, 0.4) is 0 Å². The van der Waals surface area contributed by atoms with Crippen molar-refractivity contribution in [3.8, 4) is 0 Å². The van der Waals surface area contributed by atoms with Crippen LogP contribution in [0, 0.1) is 0 Å². The Morgan fingerprint density at radius 3 is 2.80 bits per heavy atom. The number of carbonyl (C=O) groups excluding carboxylic acids is 2. The van der Waals surface area contributed by atoms with Gasteiger partial charge in [-0.05, 0) is 35.9 Å². The minimum atomic E-state index is -0.186. The van der Waals surface area contributed by atoms with Gasteiger partial charge in [-0.15, -0.1) is 34.4 Å². The van der Waals surface area contributed by atoms with Gasteiger partial charge in [0.25, 0.3) is 5.91 Å². The average molecular weight is 390 g/mol. The summed E-state index contributed by atoms with van der Waals surface area (Å²) < 4.78 is 0. The van der Waals surface area contributed by atoms with Crippen LogP contribution in [-0.2, 0) is 11.2 Å². The number of hydrogen-bond acceptors (Lipinski definition) is 6. The van der Waals surface area contributed by atoms with E-state index in [2.05, 4.69) is 15.6 Å². The third-order valence-electron chi connectivity index (χ3n) is 3.21. The molecule has 0 saturated carbocycles. The van der Waals surface area contributed by atoms with Crippen LogP contribution in [-0.4, -0.2) is 23.1 Å². The van der Waals surface area contributed by atoms with Crippen LogP contribution >= 0.6 is 34.4 Å². The molecule has 128 valence electrons. The minimum Gasteiger partial charge on any atom is -0.326 e. The zero-order valence-corrected chi connectivity index (χ0v) is 15.8. The molecule has 8 heteroatoms. The summed E-state index contributed by atoms with van der Waals surface area (Å²) >= 11 is 4.30. The first kappa shape index (κ1) is 17.7. The number of nitrogens with one attached hydrogen (secondary N) is 2. The van der Waals surface area contributed by atoms with E-state index in [0.717, 1.165) is 10.6 Å². The molecule has 2 aromatic heterocycles. The lowest BCUT2D eigenvalue weighted by molar-refractivity contribution is -0.115. The molecular formula is C17H15N3O2S3. The zero-order valence-electron chi connectivity index (χ0n) is 13.3. The van der Waals surface area contributed by atoms with E-state index < -0.39 is 0 Å². The molecule has 0 bridgehead atoms. The quantitative estimate of drug-likeness (QED) is 0.615. The Labute approximate surface area is 157 Å². The van der Waals surface area contributed by atoms with Gasteiger partial charge in [0, 0.05) is 16.0 Å². The lowest BCUT2D eigenvalue weighted by Gasteiger charge is -2.05. The summed E-state index contributed by atoms with van der Waals surface area (Å²) in [6.07, 6.45) is 2.15. The molecule has 2 heterocycles. The molecule has 0 aliphatic heterocycles. The molecule has 0 radical (unpaired) electrons. The number of rotatable bonds is 6. The third-order valence-corrected chi connectivity index (χ3v) is 5.61. The Morgan fingerprint density at radius 1 is 1.16 bits per heavy atom. The summed E-state index contributed by atoms with van der Waals surface area (Å²) in [6, 6.07) is 11.3. The maximum absolute atomic E-state index is 12.2. The van der Waals surface area contributed by atoms with Crippen LogP contribution < -0.4 is 10.6 Å². The summed E-state index contributed by atoms with van der Waals surface area (Å²) in [4.78, 5) is 30.2. The first-order valence-corrected chi connectivity index (χ1v) is 10.4. The Morgan fingerprint density at radius 2 is 2.04 bits per heavy atom. The number of carbonyl (C=O) groups is 2. The van der Waals surface area contributed by atoms with Gasteiger partial charge >= 0.3 is 0 Å². The molecule has 0 saturated heterocycles. The van der Waals surface area contributed by atoms with Gasteiger partial charge in [0.1, 0.15) is 0 Å². The third kappa shape index (κ3) is 4.91. The van der Waals surface area contributed by atoms with Gasteiger partial charge in [0.15, 0.2) is 5.13 Å². The smallest absolute Gasteiger partial charge is 0.267 e. The van der Waals surface area contributed by atoms with Crippen LogP contribution in [0.15, 0.2) is 52.1 Å². The standard InChI is InChI=1S/C17H15N3O2S3/c1-23-13-5-2-4-11(8-13)18-15(21)9-12-10-25-17(19-12)20-16(22)14-6-3-7-24-14/h2-8,10H,9H2,1H3,(H,18,21)(H,19,20,22). The van der Waals surface area contributed by atoms with Crippen molar-refractivity contribution in [1.29, 1.82) is 0 Å². The van der Waals surface area contributed by atoms with Gasteiger partial charge in [-0.25, -0.2) is 4.98 Å². The first-order chi connectivity index (χ1) is 12.1. The molecular weight excluding hydrogens is 374 g/mol. The zero-order chi connectivity index (χ0) is 17.6. The first-order valence-electron chi connectivity index (χ1n) is 7.37. The van der Waals surface area contributed by atoms with E-state index in [0.29, 0.717) is 15.7 Å². The predicted octanol–water partition coefficient (Wildman–Crippen LogP) is 4.36. The molecule has 0 spiro atoms. The number of benzene rings is 1. The Hall–Kier alpha value is -2.16. The minimum absolute atomic E-state index is 0.139. The van der Waals surface area contributed by atoms with Crippen LogP contribution in [0.2, 0.25) is 0 Å². The van der Waals surface area contributed by atoms with Crippen LogP contribution in [0.5, 0.6) is 0 Å². The van der Waals surface area contributed by atoms with Crippen LogP contribution in [0.25, 0.3) is 0 Å². The highest BCUT2D eigenvalue weighted by molar-refractivity contribution is 7.98. The van der Waals surface area contributed by atoms with Crippen molar-refractivity contribution < 1.29 is 9.59 Å². The summed E-state index contributed by atoms with van der Waals surface area (Å²) in [6.45, 7) is 0. The van der Waals surface area contributed by atoms with E-state index in [1.807, 2.05) is 42.0 Å². The Bertz CT molecular complexity index is 875. The second-order valence-corrected chi connectivity index (χ2v) is 7.72. The SMILES string of the molecule is CSc1cccc(NC(=O)Cc2csc(NC(=O)c3cccs3)n2)c1. The molecule has 0 atom stereocenters. The fraction of sp³-hybridized carbons (Fsp3) is 0.118. The number of thioether (sulfide) groups is 1. The van der Waals surface area contributed by atoms with E-state index in [-0.39, 0.29) is 18.2 Å². The van der Waals surface area contributed by atoms with Crippen molar-refractivity contribution in [3.63, 3.8) is 0 Å². The lowest BCUT2D eigenvalue weighted by atomic mass is 10.3. The number of thiophene rings is 1. The molecule has 3 rings (SSSR count). The van der Waals surface area contributed by atoms with Crippen molar-refractivity contribution >= 4 is 57.1 Å². The molecule has 2 amide bonds. The summed E-state index contributed by atoms with van der Waals surface area (Å²) in [5.74, 6) is -0.325. The summed E-state index contributed by atoms with van der Waals surface area (Å²) in [5.41, 5.74) is 1.39. The lowest BCUT2D eigenvalue weighted by Crippen LogP contribution is -2.15. The van der Waals surface area contributed by atoms with Gasteiger partial charge in [0.05, 0.1) is 17.0 Å². The summed E-state index contributed by atoms with van der Waals surface area (Å²) in [7, 11) is 0. The highest BCUT2D eigenvalue weighted by Gasteiger charge is 2.12. The second-order valence-electron chi connectivity index (χ2n) is 5.03. The van der Waals surface area contributed by atoms with Crippen molar-refractivity contribution in [2.75, 3.05) is 16.9 Å². The topological polar surface area (TPSA) is 71.1 Å². The van der Waals surface area contributed by atoms with E-state index in [9.17, 15) is 9.59 Å². The van der Waals surface area contributed by atoms with Gasteiger partial charge in [-0.2, -0.15) is 0 Å². The van der Waals surface area contributed by atoms with E-state index in [1.165, 1.54) is 22.7 Å². The van der Waals surface area contributed by atoms with E-state index >= 15 is 0 Å². The van der Waals surface area contributed by atoms with E-state index in [4.69, 9.17) is 0 Å². The number of amides is 2. The molecule has 5 nitrogen and oxygen atoms in total. The maximum Gasteiger partial charge on any atom is 0.267 e. The average Bonchev–Trinajstić information content (AvgIpc) is 3.27. The van der Waals surface area contributed by atoms with Gasteiger partial charge in [0.2, 0.25) is 5.91 Å². The molecule has 2 N–H and O–H groups in total. The monoisotopic (exact) mass is 389 g/mol. The van der Waals surface area contributed by atoms with Gasteiger partial charge in [-0.1, -0.05) is 12.1 Å². The number of thiazole rings is 1.